The predicted octanol–water partition coefficient (Wildman–Crippen LogP) is 3.90. The minimum atomic E-state index is -4.80. The largest absolute Gasteiger partial charge is 0.433 e. The van der Waals surface area contributed by atoms with Crippen LogP contribution in [0.15, 0.2) is 65.5 Å². The second-order valence-electron chi connectivity index (χ2n) is 5.40. The highest BCUT2D eigenvalue weighted by Gasteiger charge is 2.34. The first kappa shape index (κ1) is 18.1. The highest BCUT2D eigenvalue weighted by Crippen LogP contribution is 2.29. The summed E-state index contributed by atoms with van der Waals surface area (Å²) in [6.07, 6.45) is -4.80. The molecule has 0 fully saturated rings. The van der Waals surface area contributed by atoms with E-state index in [0.717, 1.165) is 4.57 Å². The summed E-state index contributed by atoms with van der Waals surface area (Å²) in [7, 11) is 0. The van der Waals surface area contributed by atoms with Gasteiger partial charge in [-0.2, -0.15) is 13.2 Å². The first-order chi connectivity index (χ1) is 12.8. The van der Waals surface area contributed by atoms with Crippen molar-refractivity contribution in [1.82, 2.24) is 9.55 Å². The molecule has 1 heterocycles. The van der Waals surface area contributed by atoms with Crippen LogP contribution >= 0.6 is 0 Å². The molecule has 0 radical (unpaired) electrons. The van der Waals surface area contributed by atoms with Crippen molar-refractivity contribution in [2.45, 2.75) is 6.18 Å². The molecule has 0 atom stereocenters. The van der Waals surface area contributed by atoms with Gasteiger partial charge < -0.3 is 5.32 Å². The second kappa shape index (κ2) is 6.90. The van der Waals surface area contributed by atoms with E-state index in [1.807, 2.05) is 0 Å². The molecule has 0 amide bonds. The molecule has 2 aromatic carbocycles. The third-order valence-electron chi connectivity index (χ3n) is 3.56. The zero-order valence-electron chi connectivity index (χ0n) is 13.5. The van der Waals surface area contributed by atoms with E-state index in [4.69, 9.17) is 0 Å². The molecule has 0 aliphatic heterocycles. The molecule has 7 nitrogen and oxygen atoms in total. The van der Waals surface area contributed by atoms with E-state index in [-0.39, 0.29) is 17.3 Å². The van der Waals surface area contributed by atoms with Gasteiger partial charge in [-0.15, -0.1) is 0 Å². The highest BCUT2D eigenvalue weighted by molar-refractivity contribution is 5.58. The van der Waals surface area contributed by atoms with E-state index in [9.17, 15) is 28.1 Å². The number of nitrogens with zero attached hydrogens (tertiary/aromatic N) is 3. The maximum absolute atomic E-state index is 13.0. The summed E-state index contributed by atoms with van der Waals surface area (Å²) < 4.78 is 40.1. The SMILES string of the molecule is O=c1cc(C(F)(F)F)nc(Nc2ccc([N+](=O)[O-])cc2)n1-c1ccccc1. The van der Waals surface area contributed by atoms with Crippen LogP contribution in [0.3, 0.4) is 0 Å². The van der Waals surface area contributed by atoms with Crippen LogP contribution in [-0.2, 0) is 6.18 Å². The van der Waals surface area contributed by atoms with Gasteiger partial charge in [-0.25, -0.2) is 9.55 Å². The number of para-hydroxylation sites is 1. The van der Waals surface area contributed by atoms with Crippen molar-refractivity contribution < 1.29 is 18.1 Å². The summed E-state index contributed by atoms with van der Waals surface area (Å²) >= 11 is 0. The van der Waals surface area contributed by atoms with E-state index in [2.05, 4.69) is 10.3 Å². The average Bonchev–Trinajstić information content (AvgIpc) is 2.62. The van der Waals surface area contributed by atoms with Crippen LogP contribution in [0.1, 0.15) is 5.69 Å². The molecule has 0 unspecified atom stereocenters. The minimum Gasteiger partial charge on any atom is -0.325 e. The lowest BCUT2D eigenvalue weighted by atomic mass is 10.3. The summed E-state index contributed by atoms with van der Waals surface area (Å²) in [6, 6.07) is 13.4. The van der Waals surface area contributed by atoms with Crippen molar-refractivity contribution in [3.05, 3.63) is 86.8 Å². The lowest BCUT2D eigenvalue weighted by Crippen LogP contribution is -2.25. The van der Waals surface area contributed by atoms with E-state index in [1.165, 1.54) is 36.4 Å². The van der Waals surface area contributed by atoms with Gasteiger partial charge in [0.2, 0.25) is 5.95 Å². The molecule has 3 aromatic rings. The number of hydrogen-bond acceptors (Lipinski definition) is 5. The molecule has 0 aliphatic rings. The van der Waals surface area contributed by atoms with Crippen molar-refractivity contribution in [3.8, 4) is 5.69 Å². The van der Waals surface area contributed by atoms with Gasteiger partial charge in [-0.05, 0) is 24.3 Å². The van der Waals surface area contributed by atoms with Gasteiger partial charge in [0.1, 0.15) is 0 Å². The number of hydrogen-bond donors (Lipinski definition) is 1. The van der Waals surface area contributed by atoms with Crippen LogP contribution in [0.4, 0.5) is 30.5 Å². The first-order valence-corrected chi connectivity index (χ1v) is 7.54. The van der Waals surface area contributed by atoms with Crippen molar-refractivity contribution in [2.24, 2.45) is 0 Å². The van der Waals surface area contributed by atoms with Crippen LogP contribution in [0, 0.1) is 10.1 Å². The van der Waals surface area contributed by atoms with Gasteiger partial charge in [0, 0.05) is 23.9 Å². The Labute approximate surface area is 149 Å². The number of alkyl halides is 3. The molecule has 0 bridgehead atoms. The third kappa shape index (κ3) is 3.94. The lowest BCUT2D eigenvalue weighted by molar-refractivity contribution is -0.384. The molecule has 10 heteroatoms. The zero-order valence-corrected chi connectivity index (χ0v) is 13.5. The van der Waals surface area contributed by atoms with Gasteiger partial charge in [0.05, 0.1) is 10.6 Å². The van der Waals surface area contributed by atoms with E-state index >= 15 is 0 Å². The van der Waals surface area contributed by atoms with Gasteiger partial charge in [-0.1, -0.05) is 18.2 Å². The molecule has 0 spiro atoms. The topological polar surface area (TPSA) is 90.1 Å². The number of anilines is 2. The Bertz CT molecular complexity index is 1030. The van der Waals surface area contributed by atoms with Crippen LogP contribution in [0.2, 0.25) is 0 Å². The highest BCUT2D eigenvalue weighted by atomic mass is 19.4. The zero-order chi connectivity index (χ0) is 19.6. The molecule has 1 aromatic heterocycles. The number of aromatic nitrogens is 2. The molecule has 27 heavy (non-hydrogen) atoms. The van der Waals surface area contributed by atoms with Crippen molar-refractivity contribution in [1.29, 1.82) is 0 Å². The Balaban J connectivity index is 2.12. The standard InChI is InChI=1S/C17H11F3N4O3/c18-17(19,20)14-10-15(25)23(12-4-2-1-3-5-12)16(22-14)21-11-6-8-13(9-7-11)24(26)27/h1-10H,(H,21,22). The quantitative estimate of drug-likeness (QED) is 0.551. The van der Waals surface area contributed by atoms with E-state index in [1.54, 1.807) is 18.2 Å². The molecular weight excluding hydrogens is 365 g/mol. The number of nitro groups is 1. The molecule has 0 aliphatic carbocycles. The monoisotopic (exact) mass is 376 g/mol. The van der Waals surface area contributed by atoms with Crippen molar-refractivity contribution in [2.75, 3.05) is 5.32 Å². The molecule has 0 saturated heterocycles. The maximum atomic E-state index is 13.0. The Morgan fingerprint density at radius 2 is 1.67 bits per heavy atom. The fourth-order valence-corrected chi connectivity index (χ4v) is 2.33. The van der Waals surface area contributed by atoms with Gasteiger partial charge in [0.15, 0.2) is 5.69 Å². The summed E-state index contributed by atoms with van der Waals surface area (Å²) in [6.45, 7) is 0. The fourth-order valence-electron chi connectivity index (χ4n) is 2.33. The number of rotatable bonds is 4. The number of nitro benzene ring substituents is 1. The molecule has 0 saturated carbocycles. The fraction of sp³-hybridized carbons (Fsp3) is 0.0588. The summed E-state index contributed by atoms with van der Waals surface area (Å²) in [5, 5.41) is 13.3. The second-order valence-corrected chi connectivity index (χ2v) is 5.40. The third-order valence-corrected chi connectivity index (χ3v) is 3.56. The Kier molecular flexibility index (Phi) is 4.63. The van der Waals surface area contributed by atoms with Crippen LogP contribution in [0.5, 0.6) is 0 Å². The van der Waals surface area contributed by atoms with Gasteiger partial charge in [0.25, 0.3) is 11.2 Å². The summed E-state index contributed by atoms with van der Waals surface area (Å²) in [5.74, 6) is -0.366. The molecule has 1 N–H and O–H groups in total. The molecular formula is C17H11F3N4O3. The summed E-state index contributed by atoms with van der Waals surface area (Å²) in [5.41, 5.74) is -1.90. The number of nitrogens with one attached hydrogen (secondary N) is 1. The number of halogens is 3. The Hall–Kier alpha value is -3.69. The van der Waals surface area contributed by atoms with Crippen LogP contribution in [-0.4, -0.2) is 14.5 Å². The van der Waals surface area contributed by atoms with Crippen molar-refractivity contribution in [3.63, 3.8) is 0 Å². The first-order valence-electron chi connectivity index (χ1n) is 7.54. The smallest absolute Gasteiger partial charge is 0.325 e. The Morgan fingerprint density at radius 3 is 2.22 bits per heavy atom. The van der Waals surface area contributed by atoms with E-state index < -0.39 is 22.4 Å². The van der Waals surface area contributed by atoms with Crippen molar-refractivity contribution >= 4 is 17.3 Å². The van der Waals surface area contributed by atoms with E-state index in [0.29, 0.717) is 11.8 Å². The number of non-ortho nitro benzene ring substituents is 1. The van der Waals surface area contributed by atoms with Gasteiger partial charge in [-0.3, -0.25) is 14.9 Å². The van der Waals surface area contributed by atoms with Gasteiger partial charge >= 0.3 is 6.18 Å². The average molecular weight is 376 g/mol. The number of benzene rings is 2. The Morgan fingerprint density at radius 1 is 1.04 bits per heavy atom. The molecule has 138 valence electrons. The van der Waals surface area contributed by atoms with Crippen LogP contribution < -0.4 is 10.9 Å². The maximum Gasteiger partial charge on any atom is 0.433 e. The lowest BCUT2D eigenvalue weighted by Gasteiger charge is -2.16. The minimum absolute atomic E-state index is 0.182. The molecule has 3 rings (SSSR count). The normalized spacial score (nSPS) is 11.2. The predicted molar refractivity (Wildman–Crippen MR) is 91.2 cm³/mol. The van der Waals surface area contributed by atoms with Crippen LogP contribution in [0.25, 0.3) is 5.69 Å². The summed E-state index contributed by atoms with van der Waals surface area (Å²) in [4.78, 5) is 26.0.